The molecule has 2 heterocycles. The predicted octanol–water partition coefficient (Wildman–Crippen LogP) is 6.53. The zero-order chi connectivity index (χ0) is 23.9. The number of halogens is 3. The fourth-order valence-electron chi connectivity index (χ4n) is 3.72. The van der Waals surface area contributed by atoms with Crippen LogP contribution in [0.15, 0.2) is 59.5 Å². The average molecular weight is 489 g/mol. The Kier molecular flexibility index (Phi) is 6.11. The zero-order valence-electron chi connectivity index (χ0n) is 17.9. The van der Waals surface area contributed by atoms with Crippen LogP contribution >= 0.6 is 24.0 Å². The molecular weight excluding hydrogens is 469 g/mol. The van der Waals surface area contributed by atoms with Crippen molar-refractivity contribution in [1.29, 1.82) is 0 Å². The molecule has 0 atom stereocenters. The fraction of sp³-hybridized carbons (Fsp3) is 0.167. The maximum atomic E-state index is 13.2. The van der Waals surface area contributed by atoms with E-state index in [1.165, 1.54) is 22.7 Å². The number of benzene rings is 2. The lowest BCUT2D eigenvalue weighted by Crippen LogP contribution is -2.27. The minimum Gasteiger partial charge on any atom is -0.497 e. The van der Waals surface area contributed by atoms with Gasteiger partial charge < -0.3 is 9.30 Å². The van der Waals surface area contributed by atoms with Crippen molar-refractivity contribution in [2.75, 3.05) is 12.0 Å². The number of ether oxygens (including phenoxy) is 1. The van der Waals surface area contributed by atoms with Crippen molar-refractivity contribution in [3.8, 4) is 11.4 Å². The van der Waals surface area contributed by atoms with E-state index in [2.05, 4.69) is 0 Å². The van der Waals surface area contributed by atoms with Crippen LogP contribution in [0.1, 0.15) is 22.5 Å². The van der Waals surface area contributed by atoms with Crippen LogP contribution in [0, 0.1) is 13.8 Å². The Hall–Kier alpha value is -3.04. The summed E-state index contributed by atoms with van der Waals surface area (Å²) >= 11 is 6.61. The van der Waals surface area contributed by atoms with Gasteiger partial charge in [0.25, 0.3) is 5.91 Å². The normalized spacial score (nSPS) is 15.6. The Balaban J connectivity index is 1.68. The summed E-state index contributed by atoms with van der Waals surface area (Å²) in [6.45, 7) is 3.62. The van der Waals surface area contributed by atoms with Gasteiger partial charge in [0, 0.05) is 17.1 Å². The third-order valence-electron chi connectivity index (χ3n) is 5.31. The molecule has 9 heteroatoms. The Morgan fingerprint density at radius 3 is 2.36 bits per heavy atom. The number of carbonyl (C=O) groups excluding carboxylic acids is 1. The van der Waals surface area contributed by atoms with E-state index < -0.39 is 11.7 Å². The number of aromatic nitrogens is 1. The molecule has 4 rings (SSSR count). The van der Waals surface area contributed by atoms with Gasteiger partial charge in [0.2, 0.25) is 0 Å². The van der Waals surface area contributed by atoms with E-state index >= 15 is 0 Å². The SMILES string of the molecule is COc1ccc(N2C(=O)C(=Cc3cc(C)n(-c4cccc(C(F)(F)F)c4)c3C)SC2=S)cc1. The van der Waals surface area contributed by atoms with Crippen LogP contribution in [0.4, 0.5) is 18.9 Å². The molecule has 0 unspecified atom stereocenters. The largest absolute Gasteiger partial charge is 0.497 e. The topological polar surface area (TPSA) is 34.5 Å². The number of anilines is 1. The van der Waals surface area contributed by atoms with E-state index in [9.17, 15) is 18.0 Å². The van der Waals surface area contributed by atoms with Gasteiger partial charge in [0.05, 0.1) is 23.3 Å². The van der Waals surface area contributed by atoms with Crippen LogP contribution in [0.2, 0.25) is 0 Å². The molecular formula is C24H19F3N2O2S2. The molecule has 0 bridgehead atoms. The van der Waals surface area contributed by atoms with E-state index in [1.54, 1.807) is 48.1 Å². The summed E-state index contributed by atoms with van der Waals surface area (Å²) in [6, 6.07) is 14.0. The van der Waals surface area contributed by atoms with Gasteiger partial charge in [-0.25, -0.2) is 0 Å². The lowest BCUT2D eigenvalue weighted by atomic mass is 10.2. The molecule has 2 aromatic carbocycles. The molecule has 1 aromatic heterocycles. The third kappa shape index (κ3) is 4.43. The molecule has 1 aliphatic rings. The highest BCUT2D eigenvalue weighted by Crippen LogP contribution is 2.38. The van der Waals surface area contributed by atoms with E-state index in [0.29, 0.717) is 26.3 Å². The average Bonchev–Trinajstić information content (AvgIpc) is 3.21. The third-order valence-corrected chi connectivity index (χ3v) is 6.62. The van der Waals surface area contributed by atoms with E-state index in [0.717, 1.165) is 29.1 Å². The van der Waals surface area contributed by atoms with Crippen LogP contribution < -0.4 is 9.64 Å². The van der Waals surface area contributed by atoms with Gasteiger partial charge in [-0.1, -0.05) is 30.0 Å². The number of hydrogen-bond donors (Lipinski definition) is 0. The van der Waals surface area contributed by atoms with Crippen molar-refractivity contribution in [1.82, 2.24) is 4.57 Å². The fourth-order valence-corrected chi connectivity index (χ4v) is 5.01. The molecule has 1 fully saturated rings. The molecule has 0 spiro atoms. The summed E-state index contributed by atoms with van der Waals surface area (Å²) in [5.41, 5.74) is 2.54. The van der Waals surface area contributed by atoms with Gasteiger partial charge in [-0.3, -0.25) is 9.69 Å². The number of nitrogens with zero attached hydrogens (tertiary/aromatic N) is 2. The van der Waals surface area contributed by atoms with E-state index in [4.69, 9.17) is 17.0 Å². The molecule has 170 valence electrons. The van der Waals surface area contributed by atoms with Crippen molar-refractivity contribution in [3.05, 3.63) is 82.0 Å². The number of amides is 1. The maximum Gasteiger partial charge on any atom is 0.416 e. The maximum absolute atomic E-state index is 13.2. The van der Waals surface area contributed by atoms with E-state index in [-0.39, 0.29) is 5.91 Å². The Morgan fingerprint density at radius 2 is 1.73 bits per heavy atom. The minimum atomic E-state index is -4.43. The van der Waals surface area contributed by atoms with Crippen LogP contribution in [0.3, 0.4) is 0 Å². The smallest absolute Gasteiger partial charge is 0.416 e. The van der Waals surface area contributed by atoms with Gasteiger partial charge in [-0.2, -0.15) is 13.2 Å². The molecule has 0 N–H and O–H groups in total. The van der Waals surface area contributed by atoms with Gasteiger partial charge in [0.1, 0.15) is 5.75 Å². The van der Waals surface area contributed by atoms with Crippen molar-refractivity contribution < 1.29 is 22.7 Å². The van der Waals surface area contributed by atoms with Crippen LogP contribution in [0.25, 0.3) is 11.8 Å². The van der Waals surface area contributed by atoms with Crippen LogP contribution in [-0.4, -0.2) is 21.9 Å². The summed E-state index contributed by atoms with van der Waals surface area (Å²) in [6.07, 6.45) is -2.70. The zero-order valence-corrected chi connectivity index (χ0v) is 19.6. The van der Waals surface area contributed by atoms with Crippen molar-refractivity contribution >= 4 is 46.0 Å². The second kappa shape index (κ2) is 8.72. The Labute approximate surface area is 198 Å². The van der Waals surface area contributed by atoms with Gasteiger partial charge in [-0.05, 0) is 74.0 Å². The highest BCUT2D eigenvalue weighted by Gasteiger charge is 2.34. The first kappa shape index (κ1) is 23.1. The summed E-state index contributed by atoms with van der Waals surface area (Å²) in [5, 5.41) is 0. The standard InChI is InChI=1S/C24H19F3N2O2S2/c1-14-11-16(15(2)28(14)19-6-4-5-17(13-19)24(25,26)27)12-21-22(30)29(23(32)33-21)18-7-9-20(31-3)10-8-18/h4-13H,1-3H3. The van der Waals surface area contributed by atoms with Crippen molar-refractivity contribution in [3.63, 3.8) is 0 Å². The number of carbonyl (C=O) groups is 1. The lowest BCUT2D eigenvalue weighted by molar-refractivity contribution is -0.137. The molecule has 0 saturated carbocycles. The number of methoxy groups -OCH3 is 1. The molecule has 1 amide bonds. The monoisotopic (exact) mass is 488 g/mol. The van der Waals surface area contributed by atoms with Gasteiger partial charge in [-0.15, -0.1) is 0 Å². The second-order valence-corrected chi connectivity index (χ2v) is 9.10. The lowest BCUT2D eigenvalue weighted by Gasteiger charge is -2.14. The van der Waals surface area contributed by atoms with Crippen molar-refractivity contribution in [2.45, 2.75) is 20.0 Å². The highest BCUT2D eigenvalue weighted by atomic mass is 32.2. The summed E-state index contributed by atoms with van der Waals surface area (Å²) in [7, 11) is 1.56. The minimum absolute atomic E-state index is 0.251. The number of thioether (sulfide) groups is 1. The molecule has 1 aliphatic heterocycles. The number of thiocarbonyl (C=S) groups is 1. The van der Waals surface area contributed by atoms with E-state index in [1.807, 2.05) is 19.9 Å². The molecule has 3 aromatic rings. The van der Waals surface area contributed by atoms with Gasteiger partial charge in [0.15, 0.2) is 4.32 Å². The molecule has 1 saturated heterocycles. The second-order valence-electron chi connectivity index (χ2n) is 7.43. The first-order chi connectivity index (χ1) is 15.6. The first-order valence-electron chi connectivity index (χ1n) is 9.88. The molecule has 4 nitrogen and oxygen atoms in total. The molecule has 0 aliphatic carbocycles. The first-order valence-corrected chi connectivity index (χ1v) is 11.1. The summed E-state index contributed by atoms with van der Waals surface area (Å²) in [5.74, 6) is 0.417. The number of rotatable bonds is 4. The summed E-state index contributed by atoms with van der Waals surface area (Å²) in [4.78, 5) is 15.0. The molecule has 33 heavy (non-hydrogen) atoms. The van der Waals surface area contributed by atoms with Crippen LogP contribution in [-0.2, 0) is 11.0 Å². The molecule has 0 radical (unpaired) electrons. The quantitative estimate of drug-likeness (QED) is 0.309. The van der Waals surface area contributed by atoms with Crippen LogP contribution in [0.5, 0.6) is 5.75 Å². The Morgan fingerprint density at radius 1 is 1.03 bits per heavy atom. The number of aryl methyl sites for hydroxylation is 1. The predicted molar refractivity (Wildman–Crippen MR) is 129 cm³/mol. The number of alkyl halides is 3. The van der Waals surface area contributed by atoms with Crippen molar-refractivity contribution in [2.24, 2.45) is 0 Å². The number of hydrogen-bond acceptors (Lipinski definition) is 4. The highest BCUT2D eigenvalue weighted by molar-refractivity contribution is 8.27. The summed E-state index contributed by atoms with van der Waals surface area (Å²) < 4.78 is 46.8. The Bertz CT molecular complexity index is 1280. The van der Waals surface area contributed by atoms with Gasteiger partial charge >= 0.3 is 6.18 Å².